The van der Waals surface area contributed by atoms with Gasteiger partial charge in [0.25, 0.3) is 5.91 Å². The van der Waals surface area contributed by atoms with E-state index >= 15 is 0 Å². The van der Waals surface area contributed by atoms with Crippen molar-refractivity contribution in [3.05, 3.63) is 29.3 Å². The minimum absolute atomic E-state index is 0.00825. The van der Waals surface area contributed by atoms with Gasteiger partial charge in [0.2, 0.25) is 0 Å². The highest BCUT2D eigenvalue weighted by molar-refractivity contribution is 7.91. The topological polar surface area (TPSA) is 153 Å². The van der Waals surface area contributed by atoms with Gasteiger partial charge in [-0.3, -0.25) is 9.35 Å². The van der Waals surface area contributed by atoms with Crippen molar-refractivity contribution in [2.45, 2.75) is 43.8 Å². The Morgan fingerprint density at radius 2 is 1.47 bits per heavy atom. The molecule has 0 saturated carbocycles. The molecule has 16 heteroatoms. The summed E-state index contributed by atoms with van der Waals surface area (Å²) in [6.45, 7) is 2.41. The van der Waals surface area contributed by atoms with Gasteiger partial charge in [0.05, 0.1) is 5.56 Å². The molecule has 2 N–H and O–H groups in total. The fraction of sp³-hybridized carbons (Fsp3) is 0.500. The predicted molar refractivity (Wildman–Crippen MR) is 101 cm³/mol. The number of alkyl halides is 4. The Morgan fingerprint density at radius 3 is 1.91 bits per heavy atom. The summed E-state index contributed by atoms with van der Waals surface area (Å²) < 4.78 is 117. The number of hydrogen-bond acceptors (Lipinski definition) is 8. The van der Waals surface area contributed by atoms with E-state index in [-0.39, 0.29) is 6.92 Å². The van der Waals surface area contributed by atoms with Crippen molar-refractivity contribution in [2.24, 2.45) is 0 Å². The molecule has 0 saturated heterocycles. The van der Waals surface area contributed by atoms with Crippen LogP contribution in [0.25, 0.3) is 0 Å². The Labute approximate surface area is 180 Å². The van der Waals surface area contributed by atoms with Crippen molar-refractivity contribution in [3.63, 3.8) is 0 Å². The van der Waals surface area contributed by atoms with Crippen LogP contribution in [0.1, 0.15) is 48.4 Å². The molecule has 0 atom stereocenters. The number of nitrogens with one attached hydrogen (secondary N) is 1. The molecule has 0 aromatic heterocycles. The molecule has 0 heterocycles. The van der Waals surface area contributed by atoms with Crippen LogP contribution in [0.5, 0.6) is 5.75 Å². The van der Waals surface area contributed by atoms with Crippen molar-refractivity contribution in [1.82, 2.24) is 4.72 Å². The number of carbonyl (C=O) groups is 2. The average Bonchev–Trinajstić information content (AvgIpc) is 2.56. The zero-order valence-corrected chi connectivity index (χ0v) is 18.6. The lowest BCUT2D eigenvalue weighted by molar-refractivity contribution is 0.00682. The van der Waals surface area contributed by atoms with Crippen LogP contribution in [0.4, 0.5) is 17.6 Å². The minimum atomic E-state index is -5.88. The summed E-state index contributed by atoms with van der Waals surface area (Å²) >= 11 is 0. The van der Waals surface area contributed by atoms with E-state index in [1.165, 1.54) is 20.8 Å². The van der Waals surface area contributed by atoms with Crippen LogP contribution in [0.3, 0.4) is 0 Å². The Bertz CT molecular complexity index is 1110. The molecule has 0 unspecified atom stereocenters. The molecule has 1 amide bonds. The molecule has 1 aromatic carbocycles. The molecule has 32 heavy (non-hydrogen) atoms. The van der Waals surface area contributed by atoms with Gasteiger partial charge in [0, 0.05) is 12.5 Å². The fourth-order valence-electron chi connectivity index (χ4n) is 1.78. The van der Waals surface area contributed by atoms with Crippen molar-refractivity contribution in [2.75, 3.05) is 6.61 Å². The number of esters is 1. The second-order valence-electron chi connectivity index (χ2n) is 7.39. The number of sulfonamides is 1. The molecule has 0 bridgehead atoms. The molecule has 0 aliphatic carbocycles. The maximum Gasteiger partial charge on any atom is 0.402 e. The SMILES string of the molecule is CC(C)(C)OC(=O)c1cc(OCC(F)(F)S(=O)(=O)O)cc(C(=O)NS(=O)(=O)C(C)(F)F)c1. The van der Waals surface area contributed by atoms with Crippen LogP contribution in [-0.2, 0) is 24.9 Å². The van der Waals surface area contributed by atoms with Crippen LogP contribution in [-0.4, -0.2) is 56.0 Å². The number of hydrogen-bond donors (Lipinski definition) is 2. The zero-order valence-electron chi connectivity index (χ0n) is 17.0. The monoisotopic (exact) mass is 509 g/mol. The second kappa shape index (κ2) is 8.82. The van der Waals surface area contributed by atoms with E-state index in [1.807, 2.05) is 0 Å². The largest absolute Gasteiger partial charge is 0.486 e. The van der Waals surface area contributed by atoms with Gasteiger partial charge in [-0.15, -0.1) is 0 Å². The molecule has 0 spiro atoms. The predicted octanol–water partition coefficient (Wildman–Crippen LogP) is 2.17. The van der Waals surface area contributed by atoms with Crippen molar-refractivity contribution < 1.29 is 58.0 Å². The average molecular weight is 509 g/mol. The number of benzene rings is 1. The van der Waals surface area contributed by atoms with Gasteiger partial charge in [-0.2, -0.15) is 26.0 Å². The molecule has 10 nitrogen and oxygen atoms in total. The summed E-state index contributed by atoms with van der Waals surface area (Å²) in [5.41, 5.74) is -2.41. The third-order valence-corrected chi connectivity index (χ3v) is 5.56. The molecule has 1 aromatic rings. The number of ether oxygens (including phenoxy) is 2. The van der Waals surface area contributed by atoms with Crippen molar-refractivity contribution in [1.29, 1.82) is 0 Å². The highest BCUT2D eigenvalue weighted by Gasteiger charge is 2.45. The number of carbonyl (C=O) groups excluding carboxylic acids is 2. The first-order valence-corrected chi connectivity index (χ1v) is 11.3. The summed E-state index contributed by atoms with van der Waals surface area (Å²) in [5.74, 6) is -3.58. The van der Waals surface area contributed by atoms with E-state index in [4.69, 9.17) is 9.29 Å². The van der Waals surface area contributed by atoms with Crippen LogP contribution in [0, 0.1) is 0 Å². The summed E-state index contributed by atoms with van der Waals surface area (Å²) in [5, 5.41) is -9.16. The van der Waals surface area contributed by atoms with E-state index in [2.05, 4.69) is 4.74 Å². The van der Waals surface area contributed by atoms with E-state index in [1.54, 1.807) is 0 Å². The van der Waals surface area contributed by atoms with Crippen LogP contribution < -0.4 is 9.46 Å². The van der Waals surface area contributed by atoms with Crippen LogP contribution >= 0.6 is 0 Å². The highest BCUT2D eigenvalue weighted by Crippen LogP contribution is 2.26. The molecule has 1 rings (SSSR count). The van der Waals surface area contributed by atoms with Gasteiger partial charge in [0.15, 0.2) is 6.61 Å². The Hall–Kier alpha value is -2.46. The lowest BCUT2D eigenvalue weighted by atomic mass is 10.1. The third kappa shape index (κ3) is 7.30. The number of halogens is 4. The standard InChI is InChI=1S/C16H19F4NO9S2/c1-14(2,3)30-13(23)10-5-9(12(22)21-31(24,25)15(4,17)18)6-11(7-10)29-8-16(19,20)32(26,27)28/h5-7H,8H2,1-4H3,(H,21,22)(H,26,27,28). The van der Waals surface area contributed by atoms with Crippen LogP contribution in [0.2, 0.25) is 0 Å². The zero-order chi connectivity index (χ0) is 25.3. The number of rotatable bonds is 8. The minimum Gasteiger partial charge on any atom is -0.486 e. The molecule has 0 aliphatic rings. The van der Waals surface area contributed by atoms with Gasteiger partial charge in [-0.25, -0.2) is 17.9 Å². The first-order valence-electron chi connectivity index (χ1n) is 8.36. The Balaban J connectivity index is 3.41. The quantitative estimate of drug-likeness (QED) is 0.305. The normalized spacial score (nSPS) is 13.4. The second-order valence-corrected chi connectivity index (χ2v) is 10.9. The van der Waals surface area contributed by atoms with E-state index in [0.29, 0.717) is 12.1 Å². The fourth-order valence-corrected chi connectivity index (χ4v) is 2.53. The number of amides is 1. The molecular formula is C16H19F4NO9S2. The summed E-state index contributed by atoms with van der Waals surface area (Å²) in [4.78, 5) is 24.4. The molecular weight excluding hydrogens is 490 g/mol. The van der Waals surface area contributed by atoms with E-state index < -0.39 is 71.6 Å². The van der Waals surface area contributed by atoms with E-state index in [0.717, 1.165) is 10.8 Å². The van der Waals surface area contributed by atoms with Gasteiger partial charge in [0.1, 0.15) is 11.4 Å². The third-order valence-electron chi connectivity index (χ3n) is 3.29. The van der Waals surface area contributed by atoms with Crippen molar-refractivity contribution in [3.8, 4) is 5.75 Å². The molecule has 0 aliphatic heterocycles. The summed E-state index contributed by atoms with van der Waals surface area (Å²) in [6.07, 6.45) is 0. The Morgan fingerprint density at radius 1 is 0.969 bits per heavy atom. The molecule has 0 radical (unpaired) electrons. The first-order chi connectivity index (χ1) is 14.1. The molecule has 182 valence electrons. The Kier molecular flexibility index (Phi) is 7.60. The maximum atomic E-state index is 13.4. The van der Waals surface area contributed by atoms with Gasteiger partial charge < -0.3 is 9.47 Å². The maximum absolute atomic E-state index is 13.4. The smallest absolute Gasteiger partial charge is 0.402 e. The van der Waals surface area contributed by atoms with Gasteiger partial charge in [-0.05, 0) is 39.0 Å². The lowest BCUT2D eigenvalue weighted by Gasteiger charge is -2.20. The van der Waals surface area contributed by atoms with Gasteiger partial charge in [-0.1, -0.05) is 0 Å². The van der Waals surface area contributed by atoms with Crippen molar-refractivity contribution >= 4 is 32.0 Å². The van der Waals surface area contributed by atoms with E-state index in [9.17, 15) is 44.0 Å². The van der Waals surface area contributed by atoms with Gasteiger partial charge >= 0.3 is 36.6 Å². The molecule has 0 fully saturated rings. The first kappa shape index (κ1) is 27.6. The lowest BCUT2D eigenvalue weighted by Crippen LogP contribution is -2.41. The summed E-state index contributed by atoms with van der Waals surface area (Å²) in [6, 6.07) is 2.03. The van der Waals surface area contributed by atoms with Crippen LogP contribution in [0.15, 0.2) is 18.2 Å². The highest BCUT2D eigenvalue weighted by atomic mass is 32.2. The summed E-state index contributed by atoms with van der Waals surface area (Å²) in [7, 11) is -11.4.